The van der Waals surface area contributed by atoms with Crippen LogP contribution in [-0.2, 0) is 20.9 Å². The number of allylic oxidation sites excluding steroid dienone is 1. The number of nitrogens with two attached hydrogens (primary N) is 1. The van der Waals surface area contributed by atoms with Gasteiger partial charge >= 0.3 is 0 Å². The standard InChI is InChI=1S/C39H38Cl2N4O3/c1-4-11-30(36(42)46)32(20-24(2)3)38(47)44-37-39(48)45(23-25-12-10-15-27(21-25)29-19-18-28(40)22-33(29)41)34-17-9-8-16-31(34)35(43-37)26-13-6-5-7-14-26/h4-10,12-19,21-22,24,30,32,37H,1,11,20,23H2,2-3H3,(H2,42,46)(H,44,47). The maximum Gasteiger partial charge on any atom is 0.272 e. The highest BCUT2D eigenvalue weighted by Crippen LogP contribution is 2.33. The molecule has 7 nitrogen and oxygen atoms in total. The Morgan fingerprint density at radius 3 is 2.31 bits per heavy atom. The smallest absolute Gasteiger partial charge is 0.272 e. The van der Waals surface area contributed by atoms with Crippen molar-refractivity contribution < 1.29 is 14.4 Å². The molecule has 0 fully saturated rings. The molecule has 1 aliphatic heterocycles. The lowest BCUT2D eigenvalue weighted by molar-refractivity contribution is -0.135. The van der Waals surface area contributed by atoms with Crippen LogP contribution < -0.4 is 16.0 Å². The maximum atomic E-state index is 14.6. The van der Waals surface area contributed by atoms with Gasteiger partial charge in [-0.3, -0.25) is 14.4 Å². The molecular formula is C39H38Cl2N4O3. The summed E-state index contributed by atoms with van der Waals surface area (Å²) in [5.41, 5.74) is 11.0. The van der Waals surface area contributed by atoms with Gasteiger partial charge in [0.1, 0.15) is 0 Å². The van der Waals surface area contributed by atoms with Crippen LogP contribution in [0.1, 0.15) is 43.4 Å². The summed E-state index contributed by atoms with van der Waals surface area (Å²) in [6.45, 7) is 7.89. The van der Waals surface area contributed by atoms with Crippen LogP contribution in [0.5, 0.6) is 0 Å². The summed E-state index contributed by atoms with van der Waals surface area (Å²) in [4.78, 5) is 47.7. The van der Waals surface area contributed by atoms with Crippen molar-refractivity contribution in [3.63, 3.8) is 0 Å². The summed E-state index contributed by atoms with van der Waals surface area (Å²) in [6, 6.07) is 30.2. The Labute approximate surface area is 291 Å². The van der Waals surface area contributed by atoms with E-state index in [-0.39, 0.29) is 18.9 Å². The van der Waals surface area contributed by atoms with Gasteiger partial charge in [0.2, 0.25) is 18.0 Å². The number of rotatable bonds is 12. The number of para-hydroxylation sites is 1. The summed E-state index contributed by atoms with van der Waals surface area (Å²) < 4.78 is 0. The predicted octanol–water partition coefficient (Wildman–Crippen LogP) is 7.83. The number of nitrogens with one attached hydrogen (secondary N) is 1. The molecular weight excluding hydrogens is 643 g/mol. The number of nitrogens with zero attached hydrogens (tertiary/aromatic N) is 2. The van der Waals surface area contributed by atoms with Gasteiger partial charge in [-0.15, -0.1) is 6.58 Å². The monoisotopic (exact) mass is 680 g/mol. The van der Waals surface area contributed by atoms with Crippen LogP contribution in [0.3, 0.4) is 0 Å². The topological polar surface area (TPSA) is 105 Å². The zero-order valence-corrected chi connectivity index (χ0v) is 28.4. The van der Waals surface area contributed by atoms with E-state index < -0.39 is 35.7 Å². The second kappa shape index (κ2) is 15.5. The third-order valence-corrected chi connectivity index (χ3v) is 8.93. The van der Waals surface area contributed by atoms with Crippen LogP contribution in [0.15, 0.2) is 115 Å². The van der Waals surface area contributed by atoms with Gasteiger partial charge in [-0.1, -0.05) is 116 Å². The average molecular weight is 682 g/mol. The molecule has 3 atom stereocenters. The molecule has 1 aliphatic rings. The van der Waals surface area contributed by atoms with Crippen LogP contribution >= 0.6 is 23.2 Å². The molecule has 0 aliphatic carbocycles. The minimum atomic E-state index is -1.28. The van der Waals surface area contributed by atoms with E-state index in [1.54, 1.807) is 23.1 Å². The van der Waals surface area contributed by atoms with Crippen molar-refractivity contribution in [1.29, 1.82) is 0 Å². The number of benzodiazepines with no additional fused rings is 1. The third kappa shape index (κ3) is 7.87. The van der Waals surface area contributed by atoms with Gasteiger partial charge in [-0.25, -0.2) is 4.99 Å². The highest BCUT2D eigenvalue weighted by atomic mass is 35.5. The second-order valence-electron chi connectivity index (χ2n) is 12.3. The molecule has 246 valence electrons. The second-order valence-corrected chi connectivity index (χ2v) is 13.1. The molecule has 9 heteroatoms. The lowest BCUT2D eigenvalue weighted by Crippen LogP contribution is -2.50. The first kappa shape index (κ1) is 34.6. The van der Waals surface area contributed by atoms with E-state index >= 15 is 0 Å². The molecule has 4 aromatic rings. The minimum Gasteiger partial charge on any atom is -0.369 e. The summed E-state index contributed by atoms with van der Waals surface area (Å²) in [5, 5.41) is 3.97. The predicted molar refractivity (Wildman–Crippen MR) is 194 cm³/mol. The van der Waals surface area contributed by atoms with Crippen LogP contribution in [0.4, 0.5) is 5.69 Å². The molecule has 0 bridgehead atoms. The fourth-order valence-electron chi connectivity index (χ4n) is 6.12. The summed E-state index contributed by atoms with van der Waals surface area (Å²) in [6.07, 6.45) is 0.944. The summed E-state index contributed by atoms with van der Waals surface area (Å²) in [7, 11) is 0. The molecule has 5 rings (SSSR count). The number of carbonyl (C=O) groups is 3. The Kier molecular flexibility index (Phi) is 11.1. The number of hydrogen-bond acceptors (Lipinski definition) is 4. The van der Waals surface area contributed by atoms with Crippen molar-refractivity contribution in [2.45, 2.75) is 39.4 Å². The number of carbonyl (C=O) groups excluding carboxylic acids is 3. The minimum absolute atomic E-state index is 0.0859. The van der Waals surface area contributed by atoms with Crippen molar-refractivity contribution >= 4 is 52.3 Å². The molecule has 3 N–H and O–H groups in total. The van der Waals surface area contributed by atoms with Crippen molar-refractivity contribution in [3.05, 3.63) is 136 Å². The van der Waals surface area contributed by atoms with Crippen LogP contribution in [0, 0.1) is 17.8 Å². The normalized spacial score (nSPS) is 15.6. The first-order valence-corrected chi connectivity index (χ1v) is 16.6. The Balaban J connectivity index is 1.58. The van der Waals surface area contributed by atoms with Crippen LogP contribution in [0.25, 0.3) is 11.1 Å². The van der Waals surface area contributed by atoms with E-state index in [1.165, 1.54) is 0 Å². The quantitative estimate of drug-likeness (QED) is 0.149. The highest BCUT2D eigenvalue weighted by Gasteiger charge is 2.37. The average Bonchev–Trinajstić information content (AvgIpc) is 3.17. The van der Waals surface area contributed by atoms with E-state index in [4.69, 9.17) is 33.9 Å². The Morgan fingerprint density at radius 2 is 1.62 bits per heavy atom. The number of amides is 3. The molecule has 3 amide bonds. The lowest BCUT2D eigenvalue weighted by Gasteiger charge is -2.28. The molecule has 0 radical (unpaired) electrons. The fourth-order valence-corrected chi connectivity index (χ4v) is 6.64. The van der Waals surface area contributed by atoms with E-state index in [0.29, 0.717) is 27.9 Å². The number of halogens is 2. The number of benzene rings is 4. The highest BCUT2D eigenvalue weighted by molar-refractivity contribution is 6.36. The molecule has 48 heavy (non-hydrogen) atoms. The third-order valence-electron chi connectivity index (χ3n) is 8.38. The van der Waals surface area contributed by atoms with Crippen molar-refractivity contribution in [1.82, 2.24) is 5.32 Å². The molecule has 3 unspecified atom stereocenters. The van der Waals surface area contributed by atoms with Gasteiger partial charge in [-0.05, 0) is 54.2 Å². The van der Waals surface area contributed by atoms with Gasteiger partial charge in [0.05, 0.1) is 29.8 Å². The van der Waals surface area contributed by atoms with Gasteiger partial charge in [-0.2, -0.15) is 0 Å². The molecule has 0 aromatic heterocycles. The van der Waals surface area contributed by atoms with Gasteiger partial charge in [0.15, 0.2) is 0 Å². The Hall–Kier alpha value is -4.72. The largest absolute Gasteiger partial charge is 0.369 e. The van der Waals surface area contributed by atoms with Crippen molar-refractivity contribution in [3.8, 4) is 11.1 Å². The lowest BCUT2D eigenvalue weighted by atomic mass is 9.82. The van der Waals surface area contributed by atoms with Crippen LogP contribution in [-0.4, -0.2) is 29.6 Å². The number of hydrogen-bond donors (Lipinski definition) is 2. The van der Waals surface area contributed by atoms with Gasteiger partial charge in [0.25, 0.3) is 5.91 Å². The Bertz CT molecular complexity index is 1860. The van der Waals surface area contributed by atoms with Gasteiger partial charge < -0.3 is 16.0 Å². The zero-order chi connectivity index (χ0) is 34.4. The maximum absolute atomic E-state index is 14.6. The van der Waals surface area contributed by atoms with Crippen molar-refractivity contribution in [2.75, 3.05) is 4.90 Å². The number of aliphatic imine (C=N–C) groups is 1. The number of fused-ring (bicyclic) bond motifs is 1. The Morgan fingerprint density at radius 1 is 0.917 bits per heavy atom. The zero-order valence-electron chi connectivity index (χ0n) is 26.9. The van der Waals surface area contributed by atoms with E-state index in [9.17, 15) is 14.4 Å². The van der Waals surface area contributed by atoms with Crippen LogP contribution in [0.2, 0.25) is 10.0 Å². The molecule has 1 heterocycles. The first-order chi connectivity index (χ1) is 23.1. The van der Waals surface area contributed by atoms with Gasteiger partial charge in [0, 0.05) is 26.7 Å². The first-order valence-electron chi connectivity index (χ1n) is 15.9. The molecule has 0 saturated heterocycles. The summed E-state index contributed by atoms with van der Waals surface area (Å²) in [5.74, 6) is -2.94. The molecule has 0 saturated carbocycles. The van der Waals surface area contributed by atoms with E-state index in [2.05, 4.69) is 11.9 Å². The van der Waals surface area contributed by atoms with E-state index in [0.717, 1.165) is 27.8 Å². The molecule has 4 aromatic carbocycles. The van der Waals surface area contributed by atoms with E-state index in [1.807, 2.05) is 98.8 Å². The summed E-state index contributed by atoms with van der Waals surface area (Å²) >= 11 is 12.7. The number of anilines is 1. The van der Waals surface area contributed by atoms with Crippen molar-refractivity contribution in [2.24, 2.45) is 28.5 Å². The fraction of sp³-hybridized carbons (Fsp3) is 0.231. The SMILES string of the molecule is C=CCC(C(N)=O)C(CC(C)C)C(=O)NC1N=C(c2ccccc2)c2ccccc2N(Cc2cccc(-c3ccc(Cl)cc3Cl)c2)C1=O. The molecule has 0 spiro atoms. The number of primary amides is 1.